The summed E-state index contributed by atoms with van der Waals surface area (Å²) in [6.45, 7) is 0.631. The normalized spacial score (nSPS) is 12.3. The Bertz CT molecular complexity index is 475. The molecule has 18 heavy (non-hydrogen) atoms. The smallest absolute Gasteiger partial charge is 0.203 e. The van der Waals surface area contributed by atoms with E-state index in [1.807, 2.05) is 24.3 Å². The maximum absolute atomic E-state index is 6.02. The Balaban J connectivity index is 2.10. The van der Waals surface area contributed by atoms with Gasteiger partial charge in [-0.25, -0.2) is 0 Å². The maximum atomic E-state index is 6.02. The van der Waals surface area contributed by atoms with Gasteiger partial charge >= 0.3 is 0 Å². The molecule has 0 spiro atoms. The molecule has 0 fully saturated rings. The molecule has 1 aromatic carbocycles. The number of nitrogens with zero attached hydrogens (tertiary/aromatic N) is 4. The first-order chi connectivity index (χ1) is 8.81. The molecule has 0 bridgehead atoms. The Morgan fingerprint density at radius 2 is 1.78 bits per heavy atom. The molecule has 4 N–H and O–H groups in total. The molecular weight excluding hydrogens is 248 g/mol. The molecule has 6 nitrogen and oxygen atoms in total. The van der Waals surface area contributed by atoms with Crippen molar-refractivity contribution in [2.24, 2.45) is 11.5 Å². The van der Waals surface area contributed by atoms with Crippen LogP contribution in [-0.2, 0) is 0 Å². The quantitative estimate of drug-likeness (QED) is 0.760. The zero-order valence-electron chi connectivity index (χ0n) is 9.73. The van der Waals surface area contributed by atoms with Gasteiger partial charge in [0.2, 0.25) is 5.82 Å². The minimum Gasteiger partial charge on any atom is -0.330 e. The first kappa shape index (κ1) is 12.9. The van der Waals surface area contributed by atoms with Crippen molar-refractivity contribution in [2.45, 2.75) is 5.37 Å². The summed E-state index contributed by atoms with van der Waals surface area (Å²) in [6, 6.07) is 7.74. The number of hydrogen-bond acceptors (Lipinski definition) is 7. The van der Waals surface area contributed by atoms with Crippen LogP contribution >= 0.6 is 11.8 Å². The van der Waals surface area contributed by atoms with Gasteiger partial charge in [0, 0.05) is 17.9 Å². The number of aromatic nitrogens is 4. The number of rotatable bonds is 5. The fraction of sp³-hybridized carbons (Fsp3) is 0.273. The van der Waals surface area contributed by atoms with Gasteiger partial charge in [0.1, 0.15) is 0 Å². The molecule has 2 aromatic rings. The number of thioether (sulfide) groups is 1. The average Bonchev–Trinajstić information content (AvgIpc) is 2.46. The van der Waals surface area contributed by atoms with E-state index in [-0.39, 0.29) is 5.37 Å². The summed E-state index contributed by atoms with van der Waals surface area (Å²) in [4.78, 5) is 0. The van der Waals surface area contributed by atoms with Crippen molar-refractivity contribution in [3.05, 3.63) is 36.2 Å². The van der Waals surface area contributed by atoms with E-state index < -0.39 is 0 Å². The molecule has 0 aliphatic carbocycles. The second kappa shape index (κ2) is 6.39. The van der Waals surface area contributed by atoms with E-state index in [0.717, 1.165) is 16.9 Å². The van der Waals surface area contributed by atoms with E-state index in [0.29, 0.717) is 12.4 Å². The average molecular weight is 262 g/mol. The molecule has 7 heteroatoms. The Morgan fingerprint density at radius 3 is 2.39 bits per heavy atom. The van der Waals surface area contributed by atoms with E-state index in [4.69, 9.17) is 11.5 Å². The highest BCUT2D eigenvalue weighted by Gasteiger charge is 2.07. The molecule has 0 saturated heterocycles. The van der Waals surface area contributed by atoms with Crippen LogP contribution in [0, 0.1) is 0 Å². The van der Waals surface area contributed by atoms with Crippen LogP contribution in [0.3, 0.4) is 0 Å². The van der Waals surface area contributed by atoms with Crippen LogP contribution in [0.2, 0.25) is 0 Å². The predicted octanol–water partition coefficient (Wildman–Crippen LogP) is 0.583. The SMILES string of the molecule is NCCSC(N)c1ccc(-c2nncnn2)cc1. The standard InChI is InChI=1S/C11H14N6S/c12-5-6-18-10(13)8-1-3-9(4-2-8)11-16-14-7-15-17-11/h1-4,7,10H,5-6,12-13H2. The zero-order valence-corrected chi connectivity index (χ0v) is 10.5. The van der Waals surface area contributed by atoms with E-state index >= 15 is 0 Å². The second-order valence-electron chi connectivity index (χ2n) is 3.57. The van der Waals surface area contributed by atoms with E-state index in [9.17, 15) is 0 Å². The molecule has 0 radical (unpaired) electrons. The Kier molecular flexibility index (Phi) is 4.57. The predicted molar refractivity (Wildman–Crippen MR) is 71.5 cm³/mol. The second-order valence-corrected chi connectivity index (χ2v) is 4.82. The molecule has 0 saturated carbocycles. The molecule has 0 amide bonds. The van der Waals surface area contributed by atoms with Crippen molar-refractivity contribution in [1.29, 1.82) is 0 Å². The van der Waals surface area contributed by atoms with Gasteiger partial charge in [0.25, 0.3) is 0 Å². The van der Waals surface area contributed by atoms with Crippen molar-refractivity contribution >= 4 is 11.8 Å². The van der Waals surface area contributed by atoms with Crippen molar-refractivity contribution < 1.29 is 0 Å². The minimum absolute atomic E-state index is 0.0597. The monoisotopic (exact) mass is 262 g/mol. The van der Waals surface area contributed by atoms with E-state index in [1.54, 1.807) is 11.8 Å². The van der Waals surface area contributed by atoms with Crippen LogP contribution in [0.4, 0.5) is 0 Å². The molecule has 1 heterocycles. The van der Waals surface area contributed by atoms with Gasteiger partial charge in [-0.2, -0.15) is 0 Å². The summed E-state index contributed by atoms with van der Waals surface area (Å²) in [5.74, 6) is 1.35. The van der Waals surface area contributed by atoms with Gasteiger partial charge in [-0.3, -0.25) is 0 Å². The summed E-state index contributed by atoms with van der Waals surface area (Å²) in [7, 11) is 0. The van der Waals surface area contributed by atoms with Crippen molar-refractivity contribution in [3.8, 4) is 11.4 Å². The molecule has 1 atom stereocenters. The summed E-state index contributed by atoms with van der Waals surface area (Å²) in [6.07, 6.45) is 1.30. The lowest BCUT2D eigenvalue weighted by Crippen LogP contribution is -2.10. The molecule has 1 unspecified atom stereocenters. The Morgan fingerprint density at radius 1 is 1.11 bits per heavy atom. The topological polar surface area (TPSA) is 104 Å². The van der Waals surface area contributed by atoms with Gasteiger partial charge in [-0.15, -0.1) is 32.2 Å². The van der Waals surface area contributed by atoms with Crippen LogP contribution in [0.1, 0.15) is 10.9 Å². The molecule has 1 aromatic heterocycles. The first-order valence-corrected chi connectivity index (χ1v) is 6.54. The highest BCUT2D eigenvalue weighted by Crippen LogP contribution is 2.24. The Labute approximate surface area is 109 Å². The summed E-state index contributed by atoms with van der Waals surface area (Å²) >= 11 is 1.63. The fourth-order valence-corrected chi connectivity index (χ4v) is 2.17. The van der Waals surface area contributed by atoms with E-state index in [1.165, 1.54) is 6.33 Å². The number of hydrogen-bond donors (Lipinski definition) is 2. The lowest BCUT2D eigenvalue weighted by atomic mass is 10.1. The van der Waals surface area contributed by atoms with Gasteiger partial charge in [-0.05, 0) is 5.56 Å². The van der Waals surface area contributed by atoms with Crippen molar-refractivity contribution in [2.75, 3.05) is 12.3 Å². The molecular formula is C11H14N6S. The third kappa shape index (κ3) is 3.22. The third-order valence-corrected chi connectivity index (χ3v) is 3.42. The van der Waals surface area contributed by atoms with E-state index in [2.05, 4.69) is 20.4 Å². The highest BCUT2D eigenvalue weighted by molar-refractivity contribution is 7.99. The third-order valence-electron chi connectivity index (χ3n) is 2.32. The van der Waals surface area contributed by atoms with Gasteiger partial charge in [-0.1, -0.05) is 24.3 Å². The maximum Gasteiger partial charge on any atom is 0.203 e. The number of nitrogens with two attached hydrogens (primary N) is 2. The van der Waals surface area contributed by atoms with Crippen LogP contribution in [0.5, 0.6) is 0 Å². The lowest BCUT2D eigenvalue weighted by molar-refractivity contribution is 0.864. The molecule has 0 aliphatic rings. The van der Waals surface area contributed by atoms with Crippen LogP contribution in [-0.4, -0.2) is 32.7 Å². The Hall–Kier alpha value is -1.57. The van der Waals surface area contributed by atoms with Crippen LogP contribution < -0.4 is 11.5 Å². The first-order valence-electron chi connectivity index (χ1n) is 5.49. The van der Waals surface area contributed by atoms with Gasteiger partial charge in [0.15, 0.2) is 6.33 Å². The fourth-order valence-electron chi connectivity index (χ4n) is 1.43. The van der Waals surface area contributed by atoms with Crippen molar-refractivity contribution in [3.63, 3.8) is 0 Å². The molecule has 2 rings (SSSR count). The minimum atomic E-state index is -0.0597. The molecule has 0 aliphatic heterocycles. The molecule has 94 valence electrons. The van der Waals surface area contributed by atoms with Gasteiger partial charge in [0.05, 0.1) is 5.37 Å². The summed E-state index contributed by atoms with van der Waals surface area (Å²) in [5, 5.41) is 15.1. The van der Waals surface area contributed by atoms with Gasteiger partial charge < -0.3 is 11.5 Å². The summed E-state index contributed by atoms with van der Waals surface area (Å²) in [5.41, 5.74) is 13.4. The lowest BCUT2D eigenvalue weighted by Gasteiger charge is -2.11. The van der Waals surface area contributed by atoms with Crippen molar-refractivity contribution in [1.82, 2.24) is 20.4 Å². The zero-order chi connectivity index (χ0) is 12.8. The van der Waals surface area contributed by atoms with Crippen LogP contribution in [0.25, 0.3) is 11.4 Å². The summed E-state index contributed by atoms with van der Waals surface area (Å²) < 4.78 is 0. The highest BCUT2D eigenvalue weighted by atomic mass is 32.2. The number of benzene rings is 1. The largest absolute Gasteiger partial charge is 0.330 e. The van der Waals surface area contributed by atoms with Crippen LogP contribution in [0.15, 0.2) is 30.6 Å².